The lowest BCUT2D eigenvalue weighted by Crippen LogP contribution is -2.18. The van der Waals surface area contributed by atoms with Crippen molar-refractivity contribution in [3.8, 4) is 0 Å². The third-order valence-electron chi connectivity index (χ3n) is 1.08. The van der Waals surface area contributed by atoms with E-state index >= 15 is 0 Å². The number of hydrogen-bond acceptors (Lipinski definition) is 3. The van der Waals surface area contributed by atoms with E-state index < -0.39 is 5.97 Å². The van der Waals surface area contributed by atoms with Gasteiger partial charge in [-0.05, 0) is 12.5 Å². The Bertz CT molecular complexity index is 99.9. The van der Waals surface area contributed by atoms with Gasteiger partial charge >= 0.3 is 5.97 Å². The molecule has 0 radical (unpaired) electrons. The van der Waals surface area contributed by atoms with Crippen LogP contribution in [0.25, 0.3) is 0 Å². The van der Waals surface area contributed by atoms with Gasteiger partial charge in [0, 0.05) is 11.5 Å². The van der Waals surface area contributed by atoms with Crippen molar-refractivity contribution in [3.63, 3.8) is 0 Å². The Hall–Kier alpha value is 0.170. The normalized spacial score (nSPS) is 10.3. The van der Waals surface area contributed by atoms with Gasteiger partial charge in [-0.1, -0.05) is 0 Å². The van der Waals surface area contributed by atoms with E-state index in [1.54, 1.807) is 23.5 Å². The minimum absolute atomic E-state index is 0.176. The SMILES string of the molecule is CSCC(CSC)C(=O)O. The van der Waals surface area contributed by atoms with Crippen molar-refractivity contribution in [2.45, 2.75) is 0 Å². The van der Waals surface area contributed by atoms with Gasteiger partial charge in [0.25, 0.3) is 0 Å². The molecule has 0 heterocycles. The van der Waals surface area contributed by atoms with Crippen molar-refractivity contribution in [3.05, 3.63) is 0 Å². The molecule has 1 N–H and O–H groups in total. The molecule has 0 saturated heterocycles. The van der Waals surface area contributed by atoms with Crippen LogP contribution < -0.4 is 0 Å². The summed E-state index contributed by atoms with van der Waals surface area (Å²) in [6.07, 6.45) is 3.85. The molecule has 0 bridgehead atoms. The zero-order valence-corrected chi connectivity index (χ0v) is 7.80. The van der Waals surface area contributed by atoms with Gasteiger partial charge in [-0.3, -0.25) is 4.79 Å². The van der Waals surface area contributed by atoms with Gasteiger partial charge in [0.2, 0.25) is 0 Å². The minimum atomic E-state index is -0.677. The average molecular weight is 180 g/mol. The van der Waals surface area contributed by atoms with Crippen LogP contribution >= 0.6 is 23.5 Å². The summed E-state index contributed by atoms with van der Waals surface area (Å²) in [6.45, 7) is 0. The molecule has 0 unspecified atom stereocenters. The molecule has 4 heteroatoms. The lowest BCUT2D eigenvalue weighted by molar-refractivity contribution is -0.140. The van der Waals surface area contributed by atoms with E-state index in [0.717, 1.165) is 11.5 Å². The maximum atomic E-state index is 10.5. The van der Waals surface area contributed by atoms with Crippen molar-refractivity contribution >= 4 is 29.5 Å². The van der Waals surface area contributed by atoms with E-state index in [4.69, 9.17) is 5.11 Å². The van der Waals surface area contributed by atoms with Crippen LogP contribution in [0.15, 0.2) is 0 Å². The van der Waals surface area contributed by atoms with Gasteiger partial charge in [0.05, 0.1) is 5.92 Å². The number of hydrogen-bond donors (Lipinski definition) is 1. The molecule has 0 atom stereocenters. The summed E-state index contributed by atoms with van der Waals surface area (Å²) in [5.41, 5.74) is 0. The molecule has 0 aromatic heterocycles. The van der Waals surface area contributed by atoms with Crippen molar-refractivity contribution in [2.75, 3.05) is 24.0 Å². The summed E-state index contributed by atoms with van der Waals surface area (Å²) in [5, 5.41) is 8.61. The monoisotopic (exact) mass is 180 g/mol. The van der Waals surface area contributed by atoms with Crippen molar-refractivity contribution < 1.29 is 9.90 Å². The molecule has 0 fully saturated rings. The maximum Gasteiger partial charge on any atom is 0.308 e. The highest BCUT2D eigenvalue weighted by molar-refractivity contribution is 7.99. The zero-order chi connectivity index (χ0) is 7.98. The maximum absolute atomic E-state index is 10.5. The van der Waals surface area contributed by atoms with E-state index in [-0.39, 0.29) is 5.92 Å². The first-order chi connectivity index (χ1) is 4.72. The van der Waals surface area contributed by atoms with Crippen LogP contribution in [0.4, 0.5) is 0 Å². The minimum Gasteiger partial charge on any atom is -0.481 e. The molecule has 60 valence electrons. The van der Waals surface area contributed by atoms with Crippen molar-refractivity contribution in [1.82, 2.24) is 0 Å². The van der Waals surface area contributed by atoms with E-state index in [2.05, 4.69) is 0 Å². The fourth-order valence-electron chi connectivity index (χ4n) is 0.593. The standard InChI is InChI=1S/C6H12O2S2/c1-9-3-5(4-10-2)6(7)8/h5H,3-4H2,1-2H3,(H,7,8). The molecule has 0 aliphatic carbocycles. The summed E-state index contributed by atoms with van der Waals surface area (Å²) in [4.78, 5) is 10.5. The Kier molecular flexibility index (Phi) is 6.02. The highest BCUT2D eigenvalue weighted by Crippen LogP contribution is 2.10. The largest absolute Gasteiger partial charge is 0.481 e. The van der Waals surface area contributed by atoms with Gasteiger partial charge in [-0.15, -0.1) is 0 Å². The van der Waals surface area contributed by atoms with Gasteiger partial charge in [0.1, 0.15) is 0 Å². The zero-order valence-electron chi connectivity index (χ0n) is 6.16. The number of rotatable bonds is 5. The summed E-state index contributed by atoms with van der Waals surface area (Å²) < 4.78 is 0. The molecule has 0 aromatic rings. The van der Waals surface area contributed by atoms with Crippen LogP contribution in [-0.2, 0) is 4.79 Å². The van der Waals surface area contributed by atoms with Crippen LogP contribution in [0.2, 0.25) is 0 Å². The van der Waals surface area contributed by atoms with E-state index in [9.17, 15) is 4.79 Å². The van der Waals surface area contributed by atoms with E-state index in [1.807, 2.05) is 12.5 Å². The Morgan fingerprint density at radius 1 is 1.40 bits per heavy atom. The van der Waals surface area contributed by atoms with Crippen LogP contribution in [0, 0.1) is 5.92 Å². The van der Waals surface area contributed by atoms with Crippen LogP contribution in [0.5, 0.6) is 0 Å². The molecule has 0 spiro atoms. The molecule has 0 rings (SSSR count). The van der Waals surface area contributed by atoms with E-state index in [0.29, 0.717) is 0 Å². The lowest BCUT2D eigenvalue weighted by atomic mass is 10.2. The van der Waals surface area contributed by atoms with Crippen molar-refractivity contribution in [2.24, 2.45) is 5.92 Å². The van der Waals surface area contributed by atoms with Crippen LogP contribution in [0.1, 0.15) is 0 Å². The second-order valence-electron chi connectivity index (χ2n) is 1.95. The van der Waals surface area contributed by atoms with Crippen molar-refractivity contribution in [1.29, 1.82) is 0 Å². The summed E-state index contributed by atoms with van der Waals surface area (Å²) in [7, 11) is 0. The molecule has 0 aliphatic rings. The van der Waals surface area contributed by atoms with Crippen LogP contribution in [0.3, 0.4) is 0 Å². The van der Waals surface area contributed by atoms with Gasteiger partial charge in [-0.2, -0.15) is 23.5 Å². The molecule has 2 nitrogen and oxygen atoms in total. The predicted octanol–water partition coefficient (Wildman–Crippen LogP) is 1.41. The summed E-state index contributed by atoms with van der Waals surface area (Å²) in [5.74, 6) is 0.584. The average Bonchev–Trinajstić information content (AvgIpc) is 1.87. The van der Waals surface area contributed by atoms with Gasteiger partial charge in [0.15, 0.2) is 0 Å². The topological polar surface area (TPSA) is 37.3 Å². The van der Waals surface area contributed by atoms with Gasteiger partial charge < -0.3 is 5.11 Å². The fourth-order valence-corrected chi connectivity index (χ4v) is 2.07. The third kappa shape index (κ3) is 4.06. The number of thioether (sulfide) groups is 2. The first kappa shape index (κ1) is 10.2. The Morgan fingerprint density at radius 2 is 1.80 bits per heavy atom. The smallest absolute Gasteiger partial charge is 0.308 e. The number of aliphatic carboxylic acids is 1. The molecule has 10 heavy (non-hydrogen) atoms. The fraction of sp³-hybridized carbons (Fsp3) is 0.833. The molecule has 0 amide bonds. The second kappa shape index (κ2) is 5.92. The van der Waals surface area contributed by atoms with Gasteiger partial charge in [-0.25, -0.2) is 0 Å². The molecule has 0 aromatic carbocycles. The Morgan fingerprint density at radius 3 is 2.00 bits per heavy atom. The predicted molar refractivity (Wildman–Crippen MR) is 47.9 cm³/mol. The molecular weight excluding hydrogens is 168 g/mol. The summed E-state index contributed by atoms with van der Waals surface area (Å²) >= 11 is 3.17. The highest BCUT2D eigenvalue weighted by atomic mass is 32.2. The molecule has 0 aliphatic heterocycles. The van der Waals surface area contributed by atoms with Crippen LogP contribution in [-0.4, -0.2) is 35.1 Å². The van der Waals surface area contributed by atoms with E-state index in [1.165, 1.54) is 0 Å². The first-order valence-corrected chi connectivity index (χ1v) is 5.71. The Balaban J connectivity index is 3.61. The Labute approximate surface area is 69.8 Å². The number of carbonyl (C=O) groups is 1. The quantitative estimate of drug-likeness (QED) is 0.694. The molecule has 0 saturated carbocycles. The third-order valence-corrected chi connectivity index (χ3v) is 2.56. The highest BCUT2D eigenvalue weighted by Gasteiger charge is 2.14. The summed E-state index contributed by atoms with van der Waals surface area (Å²) in [6, 6.07) is 0. The lowest BCUT2D eigenvalue weighted by Gasteiger charge is -2.07. The number of carboxylic acid groups (broad SMARTS) is 1. The number of carboxylic acids is 1. The molecular formula is C6H12O2S2. The second-order valence-corrected chi connectivity index (χ2v) is 3.77. The first-order valence-electron chi connectivity index (χ1n) is 2.93.